The molecule has 0 aliphatic rings. The van der Waals surface area contributed by atoms with Gasteiger partial charge in [-0.3, -0.25) is 9.97 Å². The zero-order valence-corrected chi connectivity index (χ0v) is 22.8. The van der Waals surface area contributed by atoms with E-state index in [2.05, 4.69) is 132 Å². The van der Waals surface area contributed by atoms with Gasteiger partial charge < -0.3 is 0 Å². The molecule has 0 aliphatic carbocycles. The molecule has 0 bridgehead atoms. The van der Waals surface area contributed by atoms with Crippen molar-refractivity contribution in [2.24, 2.45) is 0 Å². The average molecular weight is 533 g/mol. The molecule has 7 aromatic carbocycles. The Morgan fingerprint density at radius 2 is 1.00 bits per heavy atom. The van der Waals surface area contributed by atoms with E-state index < -0.39 is 0 Å². The highest BCUT2D eigenvalue weighted by atomic mass is 14.7. The molecule has 0 fully saturated rings. The molecular weight excluding hydrogens is 508 g/mol. The Bertz CT molecular complexity index is 2530. The van der Waals surface area contributed by atoms with Crippen LogP contribution in [-0.2, 0) is 0 Å². The number of nitrogens with zero attached hydrogens (tertiary/aromatic N) is 2. The van der Waals surface area contributed by atoms with Crippen LogP contribution in [-0.4, -0.2) is 9.97 Å². The lowest BCUT2D eigenvalue weighted by Gasteiger charge is -2.17. The number of benzene rings is 7. The summed E-state index contributed by atoms with van der Waals surface area (Å²) in [4.78, 5) is 9.50. The first-order valence-electron chi connectivity index (χ1n) is 14.3. The van der Waals surface area contributed by atoms with E-state index in [0.717, 1.165) is 33.3 Å². The van der Waals surface area contributed by atoms with Crippen molar-refractivity contribution in [3.05, 3.63) is 146 Å². The Morgan fingerprint density at radius 1 is 0.357 bits per heavy atom. The van der Waals surface area contributed by atoms with Crippen molar-refractivity contribution < 1.29 is 0 Å². The van der Waals surface area contributed by atoms with Crippen LogP contribution in [0.4, 0.5) is 0 Å². The number of fused-ring (bicyclic) bond motifs is 10. The van der Waals surface area contributed by atoms with Crippen LogP contribution in [0.25, 0.3) is 87.1 Å². The second-order valence-electron chi connectivity index (χ2n) is 11.0. The Kier molecular flexibility index (Phi) is 4.93. The summed E-state index contributed by atoms with van der Waals surface area (Å²) >= 11 is 0. The summed E-state index contributed by atoms with van der Waals surface area (Å²) in [5, 5.41) is 13.8. The molecule has 9 aromatic rings. The molecule has 194 valence electrons. The van der Waals surface area contributed by atoms with Gasteiger partial charge in [0.25, 0.3) is 0 Å². The van der Waals surface area contributed by atoms with Crippen molar-refractivity contribution in [1.29, 1.82) is 0 Å². The third-order valence-corrected chi connectivity index (χ3v) is 8.68. The summed E-state index contributed by atoms with van der Waals surface area (Å²) in [5.74, 6) is 0. The maximum absolute atomic E-state index is 4.92. The first-order valence-corrected chi connectivity index (χ1v) is 14.3. The standard InChI is InChI=1S/C40H24N2/c1-2-9-27-21-36-34(20-26(27)8-1)30-11-3-4-12-31(30)37-24-35(32-13-5-6-14-33(32)40(36)37)39-23-29(17-19-42-39)28-16-15-25-10-7-18-41-38(25)22-28/h1-24H. The van der Waals surface area contributed by atoms with Gasteiger partial charge >= 0.3 is 0 Å². The van der Waals surface area contributed by atoms with Crippen LogP contribution in [0.3, 0.4) is 0 Å². The zero-order valence-electron chi connectivity index (χ0n) is 22.8. The normalized spacial score (nSPS) is 11.8. The number of aromatic nitrogens is 2. The van der Waals surface area contributed by atoms with E-state index in [9.17, 15) is 0 Å². The molecule has 2 heteroatoms. The maximum atomic E-state index is 4.92. The van der Waals surface area contributed by atoms with Crippen molar-refractivity contribution in [2.75, 3.05) is 0 Å². The van der Waals surface area contributed by atoms with E-state index in [0.29, 0.717) is 0 Å². The summed E-state index contributed by atoms with van der Waals surface area (Å²) in [6, 6.07) is 48.2. The summed E-state index contributed by atoms with van der Waals surface area (Å²) in [6.45, 7) is 0. The topological polar surface area (TPSA) is 25.8 Å². The Morgan fingerprint density at radius 3 is 1.83 bits per heavy atom. The minimum atomic E-state index is 0.967. The summed E-state index contributed by atoms with van der Waals surface area (Å²) in [5.41, 5.74) is 5.37. The van der Waals surface area contributed by atoms with Crippen LogP contribution >= 0.6 is 0 Å². The summed E-state index contributed by atoms with van der Waals surface area (Å²) in [6.07, 6.45) is 3.78. The van der Waals surface area contributed by atoms with E-state index in [-0.39, 0.29) is 0 Å². The quantitative estimate of drug-likeness (QED) is 0.163. The van der Waals surface area contributed by atoms with E-state index in [4.69, 9.17) is 4.98 Å². The van der Waals surface area contributed by atoms with Gasteiger partial charge in [-0.05, 0) is 107 Å². The third-order valence-electron chi connectivity index (χ3n) is 8.68. The van der Waals surface area contributed by atoms with Crippen molar-refractivity contribution in [1.82, 2.24) is 9.97 Å². The van der Waals surface area contributed by atoms with Crippen LogP contribution in [0, 0.1) is 0 Å². The van der Waals surface area contributed by atoms with Gasteiger partial charge in [0.1, 0.15) is 0 Å². The monoisotopic (exact) mass is 532 g/mol. The molecule has 2 nitrogen and oxygen atoms in total. The molecular formula is C40H24N2. The van der Waals surface area contributed by atoms with Crippen LogP contribution in [0.15, 0.2) is 146 Å². The van der Waals surface area contributed by atoms with Crippen molar-refractivity contribution in [2.45, 2.75) is 0 Å². The smallest absolute Gasteiger partial charge is 0.0714 e. The lowest BCUT2D eigenvalue weighted by atomic mass is 9.87. The Hall–Kier alpha value is -5.60. The largest absolute Gasteiger partial charge is 0.256 e. The molecule has 0 unspecified atom stereocenters. The van der Waals surface area contributed by atoms with Crippen LogP contribution in [0.5, 0.6) is 0 Å². The lowest BCUT2D eigenvalue weighted by Crippen LogP contribution is -1.91. The summed E-state index contributed by atoms with van der Waals surface area (Å²) < 4.78 is 0. The minimum Gasteiger partial charge on any atom is -0.256 e. The Labute approximate surface area is 242 Å². The first kappa shape index (κ1) is 23.1. The lowest BCUT2D eigenvalue weighted by molar-refractivity contribution is 1.33. The summed E-state index contributed by atoms with van der Waals surface area (Å²) in [7, 11) is 0. The van der Waals surface area contributed by atoms with Gasteiger partial charge in [0.05, 0.1) is 11.2 Å². The highest BCUT2D eigenvalue weighted by Gasteiger charge is 2.16. The molecule has 2 heterocycles. The van der Waals surface area contributed by atoms with Crippen LogP contribution in [0.2, 0.25) is 0 Å². The SMILES string of the molecule is c1ccc2cc3c(cc2c1)c1ccccc1c1cc(-c2cc(-c4ccc5cccnc5c4)ccn2)c2ccccc2c13. The van der Waals surface area contributed by atoms with Gasteiger partial charge in [-0.2, -0.15) is 0 Å². The maximum Gasteiger partial charge on any atom is 0.0714 e. The van der Waals surface area contributed by atoms with Gasteiger partial charge in [-0.25, -0.2) is 0 Å². The predicted molar refractivity (Wildman–Crippen MR) is 178 cm³/mol. The molecule has 0 saturated carbocycles. The number of pyridine rings is 2. The molecule has 0 spiro atoms. The molecule has 9 rings (SSSR count). The van der Waals surface area contributed by atoms with Crippen LogP contribution < -0.4 is 0 Å². The molecule has 0 aliphatic heterocycles. The fraction of sp³-hybridized carbons (Fsp3) is 0. The van der Waals surface area contributed by atoms with E-state index in [1.165, 1.54) is 53.9 Å². The zero-order chi connectivity index (χ0) is 27.6. The van der Waals surface area contributed by atoms with Gasteiger partial charge in [0.2, 0.25) is 0 Å². The van der Waals surface area contributed by atoms with E-state index in [1.54, 1.807) is 0 Å². The molecule has 2 aromatic heterocycles. The minimum absolute atomic E-state index is 0.967. The molecule has 0 amide bonds. The highest BCUT2D eigenvalue weighted by Crippen LogP contribution is 2.43. The average Bonchev–Trinajstić information content (AvgIpc) is 3.07. The van der Waals surface area contributed by atoms with Gasteiger partial charge in [-0.15, -0.1) is 0 Å². The Balaban J connectivity index is 1.37. The van der Waals surface area contributed by atoms with E-state index >= 15 is 0 Å². The highest BCUT2D eigenvalue weighted by molar-refractivity contribution is 6.34. The number of hydrogen-bond donors (Lipinski definition) is 0. The predicted octanol–water partition coefficient (Wildman–Crippen LogP) is 10.7. The fourth-order valence-corrected chi connectivity index (χ4v) is 6.72. The van der Waals surface area contributed by atoms with E-state index in [1.807, 2.05) is 18.5 Å². The third kappa shape index (κ3) is 3.45. The molecule has 0 N–H and O–H groups in total. The fourth-order valence-electron chi connectivity index (χ4n) is 6.72. The number of hydrogen-bond acceptors (Lipinski definition) is 2. The van der Waals surface area contributed by atoms with Crippen molar-refractivity contribution >= 4 is 64.8 Å². The van der Waals surface area contributed by atoms with Gasteiger partial charge in [0, 0.05) is 23.3 Å². The molecule has 0 atom stereocenters. The molecule has 0 radical (unpaired) electrons. The van der Waals surface area contributed by atoms with Crippen molar-refractivity contribution in [3.8, 4) is 22.4 Å². The second-order valence-corrected chi connectivity index (χ2v) is 11.0. The van der Waals surface area contributed by atoms with Gasteiger partial charge in [-0.1, -0.05) is 91.0 Å². The molecule has 0 saturated heterocycles. The first-order chi connectivity index (χ1) is 20.8. The van der Waals surface area contributed by atoms with Gasteiger partial charge in [0.15, 0.2) is 0 Å². The second kappa shape index (κ2) is 8.95. The van der Waals surface area contributed by atoms with Crippen LogP contribution in [0.1, 0.15) is 0 Å². The van der Waals surface area contributed by atoms with Crippen molar-refractivity contribution in [3.63, 3.8) is 0 Å². The molecule has 42 heavy (non-hydrogen) atoms. The number of rotatable bonds is 2.